The van der Waals surface area contributed by atoms with Crippen LogP contribution in [0, 0.1) is 6.92 Å². The first-order chi connectivity index (χ1) is 8.36. The number of nitrogens with one attached hydrogen (secondary N) is 3. The lowest BCUT2D eigenvalue weighted by atomic mass is 10.2. The Kier molecular flexibility index (Phi) is 2.85. The van der Waals surface area contributed by atoms with E-state index in [9.17, 15) is 18.0 Å². The van der Waals surface area contributed by atoms with Crippen LogP contribution in [0.1, 0.15) is 5.56 Å². The Bertz CT molecular complexity index is 590. The van der Waals surface area contributed by atoms with E-state index in [4.69, 9.17) is 0 Å². The second-order valence-corrected chi connectivity index (χ2v) is 3.68. The zero-order chi connectivity index (χ0) is 13.3. The van der Waals surface area contributed by atoms with Crippen molar-refractivity contribution in [1.82, 2.24) is 15.4 Å². The summed E-state index contributed by atoms with van der Waals surface area (Å²) >= 11 is 0. The van der Waals surface area contributed by atoms with Crippen LogP contribution in [0.15, 0.2) is 18.2 Å². The highest BCUT2D eigenvalue weighted by molar-refractivity contribution is 5.83. The smallest absolute Gasteiger partial charge is 0.323 e. The number of imidazole rings is 1. The van der Waals surface area contributed by atoms with Gasteiger partial charge in [0.05, 0.1) is 11.0 Å². The average Bonchev–Trinajstić information content (AvgIpc) is 2.66. The van der Waals surface area contributed by atoms with E-state index in [0.29, 0.717) is 11.0 Å². The summed E-state index contributed by atoms with van der Waals surface area (Å²) < 4.78 is 35.8. The summed E-state index contributed by atoms with van der Waals surface area (Å²) in [6.07, 6.45) is -4.93. The molecule has 0 atom stereocenters. The van der Waals surface area contributed by atoms with Crippen LogP contribution in [0.5, 0.6) is 0 Å². The van der Waals surface area contributed by atoms with Crippen molar-refractivity contribution in [3.05, 3.63) is 23.8 Å². The van der Waals surface area contributed by atoms with Crippen molar-refractivity contribution in [3.8, 4) is 0 Å². The standard InChI is InChI=1S/C10H9F3N4O/c1-5-2-3-6-7(4-5)15-9(14-6)17-16-8(18)10(11,12)13/h2-4H,1H3,(H,16,18)(H2,14,15,17). The van der Waals surface area contributed by atoms with Crippen molar-refractivity contribution in [2.75, 3.05) is 5.43 Å². The fourth-order valence-electron chi connectivity index (χ4n) is 1.37. The summed E-state index contributed by atoms with van der Waals surface area (Å²) in [6, 6.07) is 5.33. The largest absolute Gasteiger partial charge is 0.472 e. The molecule has 0 aliphatic carbocycles. The zero-order valence-electron chi connectivity index (χ0n) is 9.22. The number of aromatic nitrogens is 2. The lowest BCUT2D eigenvalue weighted by Crippen LogP contribution is -2.40. The molecule has 0 unspecified atom stereocenters. The van der Waals surface area contributed by atoms with Crippen molar-refractivity contribution < 1.29 is 18.0 Å². The number of carbonyl (C=O) groups excluding carboxylic acids is 1. The van der Waals surface area contributed by atoms with E-state index in [-0.39, 0.29) is 5.95 Å². The zero-order valence-corrected chi connectivity index (χ0v) is 9.22. The Morgan fingerprint density at radius 2 is 2.11 bits per heavy atom. The molecular formula is C10H9F3N4O. The first-order valence-electron chi connectivity index (χ1n) is 4.96. The van der Waals surface area contributed by atoms with Crippen LogP contribution in [-0.2, 0) is 4.79 Å². The van der Waals surface area contributed by atoms with Gasteiger partial charge in [-0.25, -0.2) is 4.98 Å². The number of fused-ring (bicyclic) bond motifs is 1. The molecule has 0 aliphatic rings. The average molecular weight is 258 g/mol. The van der Waals surface area contributed by atoms with Crippen LogP contribution in [0.3, 0.4) is 0 Å². The fraction of sp³-hybridized carbons (Fsp3) is 0.200. The van der Waals surface area contributed by atoms with Gasteiger partial charge in [-0.05, 0) is 24.6 Å². The Labute approximate surface area is 99.4 Å². The molecule has 0 fully saturated rings. The fourth-order valence-corrected chi connectivity index (χ4v) is 1.37. The number of carbonyl (C=O) groups is 1. The molecule has 0 saturated heterocycles. The van der Waals surface area contributed by atoms with Crippen molar-refractivity contribution in [1.29, 1.82) is 0 Å². The molecule has 96 valence electrons. The van der Waals surface area contributed by atoms with Gasteiger partial charge in [-0.1, -0.05) is 6.07 Å². The maximum Gasteiger partial charge on any atom is 0.472 e. The molecule has 2 aromatic rings. The Morgan fingerprint density at radius 3 is 2.78 bits per heavy atom. The number of H-pyrrole nitrogens is 1. The molecule has 1 aromatic carbocycles. The van der Waals surface area contributed by atoms with Crippen LogP contribution in [0.2, 0.25) is 0 Å². The van der Waals surface area contributed by atoms with Crippen molar-refractivity contribution in [3.63, 3.8) is 0 Å². The molecule has 0 spiro atoms. The molecule has 1 aromatic heterocycles. The van der Waals surface area contributed by atoms with Gasteiger partial charge in [0.1, 0.15) is 0 Å². The monoisotopic (exact) mass is 258 g/mol. The second-order valence-electron chi connectivity index (χ2n) is 3.68. The number of hydrazine groups is 1. The third-order valence-corrected chi connectivity index (χ3v) is 2.19. The minimum atomic E-state index is -4.93. The Hall–Kier alpha value is -2.25. The number of amides is 1. The summed E-state index contributed by atoms with van der Waals surface area (Å²) in [6.45, 7) is 1.87. The predicted octanol–water partition coefficient (Wildman–Crippen LogP) is 1.88. The molecular weight excluding hydrogens is 249 g/mol. The molecule has 0 bridgehead atoms. The van der Waals surface area contributed by atoms with E-state index in [1.807, 2.05) is 13.0 Å². The highest BCUT2D eigenvalue weighted by atomic mass is 19.4. The van der Waals surface area contributed by atoms with E-state index >= 15 is 0 Å². The molecule has 0 radical (unpaired) electrons. The van der Waals surface area contributed by atoms with Crippen molar-refractivity contribution >= 4 is 22.9 Å². The van der Waals surface area contributed by atoms with Gasteiger partial charge < -0.3 is 4.98 Å². The van der Waals surface area contributed by atoms with Crippen LogP contribution >= 0.6 is 0 Å². The van der Waals surface area contributed by atoms with E-state index in [1.54, 1.807) is 12.1 Å². The molecule has 18 heavy (non-hydrogen) atoms. The van der Waals surface area contributed by atoms with Crippen molar-refractivity contribution in [2.24, 2.45) is 0 Å². The van der Waals surface area contributed by atoms with Crippen LogP contribution in [0.25, 0.3) is 11.0 Å². The summed E-state index contributed by atoms with van der Waals surface area (Å²) in [5.41, 5.74) is 5.82. The lowest BCUT2D eigenvalue weighted by molar-refractivity contribution is -0.173. The van der Waals surface area contributed by atoms with Gasteiger partial charge in [0.2, 0.25) is 5.95 Å². The topological polar surface area (TPSA) is 69.8 Å². The van der Waals surface area contributed by atoms with Crippen LogP contribution < -0.4 is 10.9 Å². The molecule has 8 heteroatoms. The maximum atomic E-state index is 11.9. The number of anilines is 1. The normalized spacial score (nSPS) is 11.6. The van der Waals surface area contributed by atoms with Crippen LogP contribution in [0.4, 0.5) is 19.1 Å². The third kappa shape index (κ3) is 2.53. The van der Waals surface area contributed by atoms with Gasteiger partial charge in [-0.3, -0.25) is 15.6 Å². The highest BCUT2D eigenvalue weighted by Gasteiger charge is 2.38. The first-order valence-corrected chi connectivity index (χ1v) is 4.96. The number of aromatic amines is 1. The number of aryl methyl sites for hydroxylation is 1. The van der Waals surface area contributed by atoms with E-state index in [1.165, 1.54) is 5.43 Å². The van der Waals surface area contributed by atoms with Gasteiger partial charge in [0.15, 0.2) is 0 Å². The Balaban J connectivity index is 2.11. The SMILES string of the molecule is Cc1ccc2nc(NNC(=O)C(F)(F)F)[nH]c2c1. The third-order valence-electron chi connectivity index (χ3n) is 2.19. The summed E-state index contributed by atoms with van der Waals surface area (Å²) in [5.74, 6) is -2.05. The summed E-state index contributed by atoms with van der Waals surface area (Å²) in [5, 5.41) is 0. The quantitative estimate of drug-likeness (QED) is 0.720. The number of benzene rings is 1. The molecule has 3 N–H and O–H groups in total. The maximum absolute atomic E-state index is 11.9. The number of nitrogens with zero attached hydrogens (tertiary/aromatic N) is 1. The van der Waals surface area contributed by atoms with Gasteiger partial charge in [-0.2, -0.15) is 13.2 Å². The van der Waals surface area contributed by atoms with E-state index in [0.717, 1.165) is 5.56 Å². The molecule has 2 rings (SSSR count). The van der Waals surface area contributed by atoms with Gasteiger partial charge in [-0.15, -0.1) is 0 Å². The van der Waals surface area contributed by atoms with E-state index in [2.05, 4.69) is 15.4 Å². The molecule has 1 heterocycles. The number of alkyl halides is 3. The predicted molar refractivity (Wildman–Crippen MR) is 58.7 cm³/mol. The minimum absolute atomic E-state index is 0.0354. The highest BCUT2D eigenvalue weighted by Crippen LogP contribution is 2.16. The van der Waals surface area contributed by atoms with Crippen LogP contribution in [-0.4, -0.2) is 22.1 Å². The van der Waals surface area contributed by atoms with Gasteiger partial charge in [0.25, 0.3) is 0 Å². The first kappa shape index (κ1) is 12.2. The Morgan fingerprint density at radius 1 is 1.39 bits per heavy atom. The van der Waals surface area contributed by atoms with E-state index < -0.39 is 12.1 Å². The molecule has 0 aliphatic heterocycles. The summed E-state index contributed by atoms with van der Waals surface area (Å²) in [4.78, 5) is 17.3. The number of hydrogen-bond donors (Lipinski definition) is 3. The molecule has 5 nitrogen and oxygen atoms in total. The number of rotatable bonds is 2. The minimum Gasteiger partial charge on any atom is -0.323 e. The number of hydrogen-bond acceptors (Lipinski definition) is 3. The second kappa shape index (κ2) is 4.21. The molecule has 0 saturated carbocycles. The lowest BCUT2D eigenvalue weighted by Gasteiger charge is -2.07. The van der Waals surface area contributed by atoms with Gasteiger partial charge in [0, 0.05) is 0 Å². The van der Waals surface area contributed by atoms with Crippen molar-refractivity contribution in [2.45, 2.75) is 13.1 Å². The van der Waals surface area contributed by atoms with Gasteiger partial charge >= 0.3 is 12.1 Å². The molecule has 1 amide bonds. The summed E-state index contributed by atoms with van der Waals surface area (Å²) in [7, 11) is 0. The number of halogens is 3.